The van der Waals surface area contributed by atoms with Gasteiger partial charge >= 0.3 is 7.60 Å². The average molecular weight is 266 g/mol. The Morgan fingerprint density at radius 1 is 1.22 bits per heavy atom. The summed E-state index contributed by atoms with van der Waals surface area (Å²) in [4.78, 5) is 0. The van der Waals surface area contributed by atoms with Gasteiger partial charge in [-0.2, -0.15) is 0 Å². The van der Waals surface area contributed by atoms with Crippen molar-refractivity contribution in [3.05, 3.63) is 47.4 Å². The first-order valence-corrected chi connectivity index (χ1v) is 7.61. The lowest BCUT2D eigenvalue weighted by Gasteiger charge is -2.11. The fourth-order valence-electron chi connectivity index (χ4n) is 1.42. The minimum absolute atomic E-state index is 0.347. The van der Waals surface area contributed by atoms with Gasteiger partial charge in [-0.15, -0.1) is 5.73 Å². The van der Waals surface area contributed by atoms with Crippen LogP contribution in [0, 0.1) is 0 Å². The molecule has 0 unspecified atom stereocenters. The maximum atomic E-state index is 12.2. The zero-order valence-electron chi connectivity index (χ0n) is 11.1. The molecular weight excluding hydrogens is 247 g/mol. The van der Waals surface area contributed by atoms with Crippen molar-refractivity contribution in [3.8, 4) is 0 Å². The second-order valence-corrected chi connectivity index (χ2v) is 5.49. The van der Waals surface area contributed by atoms with E-state index in [2.05, 4.69) is 5.73 Å². The Labute approximate surface area is 109 Å². The van der Waals surface area contributed by atoms with E-state index in [-0.39, 0.29) is 0 Å². The number of hydrogen-bond donors (Lipinski definition) is 0. The third-order valence-electron chi connectivity index (χ3n) is 2.26. The van der Waals surface area contributed by atoms with Crippen LogP contribution in [0.1, 0.15) is 26.3 Å². The predicted molar refractivity (Wildman–Crippen MR) is 74.5 cm³/mol. The number of benzene rings is 1. The standard InChI is InChI=1S/C14H19O3P/c1-4-16-18(15,17-5-2)12-11-13(3)14-9-7-6-8-10-14/h6-10,12H,4-5H2,1-3H3. The molecule has 0 aliphatic rings. The molecule has 0 saturated carbocycles. The molecule has 4 heteroatoms. The number of hydrogen-bond acceptors (Lipinski definition) is 3. The van der Waals surface area contributed by atoms with Gasteiger partial charge in [-0.3, -0.25) is 4.57 Å². The molecule has 3 nitrogen and oxygen atoms in total. The van der Waals surface area contributed by atoms with Gasteiger partial charge in [0.1, 0.15) is 0 Å². The Kier molecular flexibility index (Phi) is 6.11. The first kappa shape index (κ1) is 14.9. The van der Waals surface area contributed by atoms with E-state index in [9.17, 15) is 4.57 Å². The van der Waals surface area contributed by atoms with Crippen LogP contribution in [0.25, 0.3) is 5.57 Å². The van der Waals surface area contributed by atoms with Crippen LogP contribution in [-0.2, 0) is 13.6 Å². The third kappa shape index (κ3) is 4.64. The number of allylic oxidation sites excluding steroid dienone is 1. The smallest absolute Gasteiger partial charge is 0.305 e. The molecule has 98 valence electrons. The topological polar surface area (TPSA) is 35.5 Å². The summed E-state index contributed by atoms with van der Waals surface area (Å²) >= 11 is 0. The van der Waals surface area contributed by atoms with E-state index in [0.717, 1.165) is 11.1 Å². The normalized spacial score (nSPS) is 10.8. The van der Waals surface area contributed by atoms with Crippen LogP contribution in [0.3, 0.4) is 0 Å². The second-order valence-electron chi connectivity index (χ2n) is 3.64. The van der Waals surface area contributed by atoms with Gasteiger partial charge < -0.3 is 9.05 Å². The highest BCUT2D eigenvalue weighted by Crippen LogP contribution is 2.49. The molecule has 0 amide bonds. The molecule has 0 bridgehead atoms. The van der Waals surface area contributed by atoms with Gasteiger partial charge in [-0.25, -0.2) is 0 Å². The van der Waals surface area contributed by atoms with Crippen LogP contribution in [0.5, 0.6) is 0 Å². The maximum absolute atomic E-state index is 12.2. The van der Waals surface area contributed by atoms with E-state index in [1.54, 1.807) is 13.8 Å². The molecule has 0 aliphatic carbocycles. The zero-order chi connectivity index (χ0) is 13.4. The lowest BCUT2D eigenvalue weighted by Crippen LogP contribution is -1.92. The van der Waals surface area contributed by atoms with Gasteiger partial charge in [0.15, 0.2) is 0 Å². The predicted octanol–water partition coefficient (Wildman–Crippen LogP) is 4.47. The van der Waals surface area contributed by atoms with Crippen LogP contribution < -0.4 is 0 Å². The van der Waals surface area contributed by atoms with Crippen molar-refractivity contribution in [1.29, 1.82) is 0 Å². The molecule has 1 aromatic rings. The first-order valence-electron chi connectivity index (χ1n) is 6.00. The highest BCUT2D eigenvalue weighted by molar-refractivity contribution is 7.57. The maximum Gasteiger partial charge on any atom is 0.361 e. The van der Waals surface area contributed by atoms with Crippen LogP contribution in [0.15, 0.2) is 41.9 Å². The fraction of sp³-hybridized carbons (Fsp3) is 0.357. The molecule has 0 heterocycles. The minimum atomic E-state index is -3.15. The van der Waals surface area contributed by atoms with Crippen LogP contribution >= 0.6 is 7.60 Å². The molecule has 1 rings (SSSR count). The Balaban J connectivity index is 2.98. The molecule has 0 fully saturated rings. The van der Waals surface area contributed by atoms with Gasteiger partial charge in [0.2, 0.25) is 0 Å². The molecular formula is C14H19O3P. The molecule has 0 aliphatic heterocycles. The second kappa shape index (κ2) is 7.35. The molecule has 0 radical (unpaired) electrons. The molecule has 0 N–H and O–H groups in total. The van der Waals surface area contributed by atoms with Gasteiger partial charge in [0, 0.05) is 0 Å². The van der Waals surface area contributed by atoms with E-state index < -0.39 is 7.60 Å². The van der Waals surface area contributed by atoms with Crippen molar-refractivity contribution in [2.24, 2.45) is 0 Å². The van der Waals surface area contributed by atoms with Crippen molar-refractivity contribution in [1.82, 2.24) is 0 Å². The highest BCUT2D eigenvalue weighted by Gasteiger charge is 2.18. The Morgan fingerprint density at radius 2 is 1.78 bits per heavy atom. The first-order chi connectivity index (χ1) is 8.61. The summed E-state index contributed by atoms with van der Waals surface area (Å²) in [7, 11) is -3.15. The molecule has 0 spiro atoms. The SMILES string of the molecule is CCOP(=O)(C=C=C(C)c1ccccc1)OCC. The Bertz CT molecular complexity index is 463. The summed E-state index contributed by atoms with van der Waals surface area (Å²) in [6.45, 7) is 6.17. The van der Waals surface area contributed by atoms with Crippen molar-refractivity contribution in [3.63, 3.8) is 0 Å². The summed E-state index contributed by atoms with van der Waals surface area (Å²) in [6.07, 6.45) is 0. The molecule has 0 atom stereocenters. The van der Waals surface area contributed by atoms with Gasteiger partial charge in [0.25, 0.3) is 0 Å². The summed E-state index contributed by atoms with van der Waals surface area (Å²) < 4.78 is 22.5. The van der Waals surface area contributed by atoms with Gasteiger partial charge in [-0.05, 0) is 31.9 Å². The average Bonchev–Trinajstić information content (AvgIpc) is 2.38. The highest BCUT2D eigenvalue weighted by atomic mass is 31.2. The quantitative estimate of drug-likeness (QED) is 0.563. The number of rotatable bonds is 6. The van der Waals surface area contributed by atoms with E-state index in [0.29, 0.717) is 13.2 Å². The van der Waals surface area contributed by atoms with E-state index in [1.165, 1.54) is 5.82 Å². The van der Waals surface area contributed by atoms with E-state index in [1.807, 2.05) is 37.3 Å². The van der Waals surface area contributed by atoms with Crippen LogP contribution in [0.2, 0.25) is 0 Å². The monoisotopic (exact) mass is 266 g/mol. The minimum Gasteiger partial charge on any atom is -0.305 e. The Hall–Kier alpha value is -1.11. The molecule has 1 aromatic carbocycles. The summed E-state index contributed by atoms with van der Waals surface area (Å²) in [6, 6.07) is 9.80. The van der Waals surface area contributed by atoms with Gasteiger partial charge in [0.05, 0.1) is 19.0 Å². The van der Waals surface area contributed by atoms with Crippen molar-refractivity contribution >= 4 is 13.2 Å². The molecule has 18 heavy (non-hydrogen) atoms. The summed E-state index contributed by atoms with van der Waals surface area (Å²) in [5, 5.41) is 0. The molecule has 0 aromatic heterocycles. The van der Waals surface area contributed by atoms with Crippen molar-refractivity contribution in [2.75, 3.05) is 13.2 Å². The summed E-state index contributed by atoms with van der Waals surface area (Å²) in [5.74, 6) is 1.41. The zero-order valence-corrected chi connectivity index (χ0v) is 11.9. The van der Waals surface area contributed by atoms with Crippen LogP contribution in [0.4, 0.5) is 0 Å². The van der Waals surface area contributed by atoms with E-state index in [4.69, 9.17) is 9.05 Å². The fourth-order valence-corrected chi connectivity index (χ4v) is 2.71. The summed E-state index contributed by atoms with van der Waals surface area (Å²) in [5.41, 5.74) is 4.92. The van der Waals surface area contributed by atoms with Crippen LogP contribution in [-0.4, -0.2) is 13.2 Å². The Morgan fingerprint density at radius 3 is 2.28 bits per heavy atom. The molecule has 0 saturated heterocycles. The lowest BCUT2D eigenvalue weighted by atomic mass is 10.1. The van der Waals surface area contributed by atoms with Gasteiger partial charge in [-0.1, -0.05) is 30.3 Å². The third-order valence-corrected chi connectivity index (χ3v) is 3.95. The lowest BCUT2D eigenvalue weighted by molar-refractivity contribution is 0.229. The van der Waals surface area contributed by atoms with Crippen molar-refractivity contribution < 1.29 is 13.6 Å². The largest absolute Gasteiger partial charge is 0.361 e. The van der Waals surface area contributed by atoms with E-state index >= 15 is 0 Å². The van der Waals surface area contributed by atoms with Crippen molar-refractivity contribution in [2.45, 2.75) is 20.8 Å².